The molecule has 0 aromatic heterocycles. The van der Waals surface area contributed by atoms with Crippen LogP contribution in [0.25, 0.3) is 0 Å². The summed E-state index contributed by atoms with van der Waals surface area (Å²) in [4.78, 5) is 2.68. The third-order valence-electron chi connectivity index (χ3n) is 4.86. The molecule has 0 bridgehead atoms. The zero-order valence-electron chi connectivity index (χ0n) is 12.5. The van der Waals surface area contributed by atoms with Gasteiger partial charge in [-0.15, -0.1) is 0 Å². The van der Waals surface area contributed by atoms with E-state index in [1.807, 2.05) is 0 Å². The first-order valence-corrected chi connectivity index (χ1v) is 8.25. The minimum Gasteiger partial charge on any atom is -0.313 e. The van der Waals surface area contributed by atoms with Gasteiger partial charge in [-0.1, -0.05) is 19.8 Å². The molecule has 1 saturated carbocycles. The highest BCUT2D eigenvalue weighted by Gasteiger charge is 2.27. The summed E-state index contributed by atoms with van der Waals surface area (Å²) in [5.41, 5.74) is 0. The van der Waals surface area contributed by atoms with Gasteiger partial charge >= 0.3 is 0 Å². The number of nitrogens with one attached hydrogen (secondary N) is 1. The smallest absolute Gasteiger partial charge is 0.0107 e. The van der Waals surface area contributed by atoms with Crippen molar-refractivity contribution in [3.05, 3.63) is 0 Å². The van der Waals surface area contributed by atoms with Crippen molar-refractivity contribution in [1.82, 2.24) is 10.2 Å². The van der Waals surface area contributed by atoms with Crippen molar-refractivity contribution >= 4 is 0 Å². The number of rotatable bonds is 7. The van der Waals surface area contributed by atoms with Crippen molar-refractivity contribution in [3.63, 3.8) is 0 Å². The fourth-order valence-electron chi connectivity index (χ4n) is 3.36. The van der Waals surface area contributed by atoms with E-state index in [0.29, 0.717) is 0 Å². The number of likely N-dealkylation sites (tertiary alicyclic amines) is 1. The minimum atomic E-state index is 0.754. The van der Waals surface area contributed by atoms with E-state index in [9.17, 15) is 0 Å². The van der Waals surface area contributed by atoms with Gasteiger partial charge < -0.3 is 10.2 Å². The molecule has 0 amide bonds. The van der Waals surface area contributed by atoms with Gasteiger partial charge in [-0.2, -0.15) is 0 Å². The minimum absolute atomic E-state index is 0.754. The molecule has 1 saturated heterocycles. The predicted octanol–water partition coefficient (Wildman–Crippen LogP) is 3.28. The van der Waals surface area contributed by atoms with Gasteiger partial charge in [0.2, 0.25) is 0 Å². The van der Waals surface area contributed by atoms with E-state index in [2.05, 4.69) is 24.1 Å². The molecule has 0 aromatic rings. The molecule has 1 heterocycles. The molecule has 2 fully saturated rings. The van der Waals surface area contributed by atoms with Crippen LogP contribution in [0.2, 0.25) is 0 Å². The molecule has 1 aliphatic carbocycles. The summed E-state index contributed by atoms with van der Waals surface area (Å²) < 4.78 is 0. The van der Waals surface area contributed by atoms with Gasteiger partial charge in [0.25, 0.3) is 0 Å². The van der Waals surface area contributed by atoms with E-state index in [1.54, 1.807) is 0 Å². The predicted molar refractivity (Wildman–Crippen MR) is 78.9 cm³/mol. The second kappa shape index (κ2) is 7.49. The normalized spacial score (nSPS) is 28.0. The molecule has 106 valence electrons. The Morgan fingerprint density at radius 1 is 1.17 bits per heavy atom. The summed E-state index contributed by atoms with van der Waals surface area (Å²) in [5.74, 6) is 2.00. The zero-order chi connectivity index (χ0) is 12.8. The van der Waals surface area contributed by atoms with Gasteiger partial charge in [0.15, 0.2) is 0 Å². The molecule has 2 unspecified atom stereocenters. The highest BCUT2D eigenvalue weighted by molar-refractivity contribution is 4.83. The van der Waals surface area contributed by atoms with Crippen molar-refractivity contribution in [2.24, 2.45) is 11.8 Å². The van der Waals surface area contributed by atoms with E-state index in [-0.39, 0.29) is 0 Å². The first-order chi connectivity index (χ1) is 8.79. The van der Waals surface area contributed by atoms with E-state index in [1.165, 1.54) is 71.1 Å². The van der Waals surface area contributed by atoms with Gasteiger partial charge in [-0.25, -0.2) is 0 Å². The molecule has 0 aromatic carbocycles. The number of hydrogen-bond donors (Lipinski definition) is 1. The van der Waals surface area contributed by atoms with Crippen LogP contribution in [0.15, 0.2) is 0 Å². The summed E-state index contributed by atoms with van der Waals surface area (Å²) in [6, 6.07) is 0.754. The highest BCUT2D eigenvalue weighted by atomic mass is 15.1. The molecule has 18 heavy (non-hydrogen) atoms. The number of nitrogens with zero attached hydrogens (tertiary/aromatic N) is 1. The molecule has 2 aliphatic rings. The Kier molecular flexibility index (Phi) is 5.97. The Morgan fingerprint density at radius 2 is 2.00 bits per heavy atom. The third-order valence-corrected chi connectivity index (χ3v) is 4.86. The standard InChI is InChI=1S/C16H32N2/c1-3-5-15-6-4-11-18(12-9-15)13-10-17-14(2)16-7-8-16/h14-17H,3-13H2,1-2H3. The van der Waals surface area contributed by atoms with Gasteiger partial charge in [0, 0.05) is 19.1 Å². The molecule has 2 rings (SSSR count). The fraction of sp³-hybridized carbons (Fsp3) is 1.00. The van der Waals surface area contributed by atoms with Crippen LogP contribution in [0.5, 0.6) is 0 Å². The molecular weight excluding hydrogens is 220 g/mol. The van der Waals surface area contributed by atoms with Crippen LogP contribution in [0.4, 0.5) is 0 Å². The average Bonchev–Trinajstić information content (AvgIpc) is 3.17. The monoisotopic (exact) mass is 252 g/mol. The molecular formula is C16H32N2. The first kappa shape index (κ1) is 14.3. The maximum absolute atomic E-state index is 3.71. The third kappa shape index (κ3) is 4.89. The zero-order valence-corrected chi connectivity index (χ0v) is 12.5. The second-order valence-electron chi connectivity index (χ2n) is 6.51. The Morgan fingerprint density at radius 3 is 2.72 bits per heavy atom. The van der Waals surface area contributed by atoms with Gasteiger partial charge in [0.1, 0.15) is 0 Å². The van der Waals surface area contributed by atoms with Gasteiger partial charge in [-0.3, -0.25) is 0 Å². The van der Waals surface area contributed by atoms with Crippen molar-refractivity contribution < 1.29 is 0 Å². The van der Waals surface area contributed by atoms with Crippen molar-refractivity contribution in [2.45, 2.75) is 64.8 Å². The van der Waals surface area contributed by atoms with E-state index >= 15 is 0 Å². The molecule has 2 heteroatoms. The lowest BCUT2D eigenvalue weighted by molar-refractivity contribution is 0.273. The van der Waals surface area contributed by atoms with Gasteiger partial charge in [0.05, 0.1) is 0 Å². The topological polar surface area (TPSA) is 15.3 Å². The van der Waals surface area contributed by atoms with Crippen molar-refractivity contribution in [3.8, 4) is 0 Å². The Bertz CT molecular complexity index is 225. The lowest BCUT2D eigenvalue weighted by Crippen LogP contribution is -2.37. The average molecular weight is 252 g/mol. The maximum atomic E-state index is 3.71. The second-order valence-corrected chi connectivity index (χ2v) is 6.51. The van der Waals surface area contributed by atoms with Crippen LogP contribution in [0.3, 0.4) is 0 Å². The Labute approximate surface area is 114 Å². The quantitative estimate of drug-likeness (QED) is 0.748. The number of hydrogen-bond acceptors (Lipinski definition) is 2. The largest absolute Gasteiger partial charge is 0.313 e. The molecule has 2 nitrogen and oxygen atoms in total. The van der Waals surface area contributed by atoms with Crippen LogP contribution in [0.1, 0.15) is 58.8 Å². The Hall–Kier alpha value is -0.0800. The summed E-state index contributed by atoms with van der Waals surface area (Å²) in [6.45, 7) is 9.80. The van der Waals surface area contributed by atoms with Crippen LogP contribution in [-0.2, 0) is 0 Å². The lowest BCUT2D eigenvalue weighted by Gasteiger charge is -2.22. The van der Waals surface area contributed by atoms with E-state index < -0.39 is 0 Å². The van der Waals surface area contributed by atoms with Crippen molar-refractivity contribution in [2.75, 3.05) is 26.2 Å². The van der Waals surface area contributed by atoms with Crippen LogP contribution in [0, 0.1) is 11.8 Å². The molecule has 1 aliphatic heterocycles. The summed E-state index contributed by atoms with van der Waals surface area (Å²) in [5, 5.41) is 3.71. The van der Waals surface area contributed by atoms with Crippen LogP contribution < -0.4 is 5.32 Å². The van der Waals surface area contributed by atoms with Crippen molar-refractivity contribution in [1.29, 1.82) is 0 Å². The highest BCUT2D eigenvalue weighted by Crippen LogP contribution is 2.32. The molecule has 2 atom stereocenters. The molecule has 0 radical (unpaired) electrons. The molecule has 0 spiro atoms. The van der Waals surface area contributed by atoms with Gasteiger partial charge in [-0.05, 0) is 64.0 Å². The summed E-state index contributed by atoms with van der Waals surface area (Å²) >= 11 is 0. The summed E-state index contributed by atoms with van der Waals surface area (Å²) in [7, 11) is 0. The lowest BCUT2D eigenvalue weighted by atomic mass is 9.96. The Balaban J connectivity index is 1.57. The fourth-order valence-corrected chi connectivity index (χ4v) is 3.36. The van der Waals surface area contributed by atoms with E-state index in [4.69, 9.17) is 0 Å². The summed E-state index contributed by atoms with van der Waals surface area (Å²) in [6.07, 6.45) is 10.0. The van der Waals surface area contributed by atoms with Crippen LogP contribution >= 0.6 is 0 Å². The first-order valence-electron chi connectivity index (χ1n) is 8.25. The molecule has 1 N–H and O–H groups in total. The van der Waals surface area contributed by atoms with Crippen LogP contribution in [-0.4, -0.2) is 37.1 Å². The maximum Gasteiger partial charge on any atom is 0.0107 e. The SMILES string of the molecule is CCCC1CCCN(CCNC(C)C2CC2)CC1. The van der Waals surface area contributed by atoms with E-state index in [0.717, 1.165) is 17.9 Å².